The molecule has 45 heavy (non-hydrogen) atoms. The number of anilines is 4. The van der Waals surface area contributed by atoms with Gasteiger partial charge in [-0.15, -0.1) is 0 Å². The lowest BCUT2D eigenvalue weighted by molar-refractivity contribution is 0.0600. The van der Waals surface area contributed by atoms with Gasteiger partial charge >= 0.3 is 12.1 Å². The molecule has 3 rings (SSSR count). The SMILES string of the molecule is COC(=O)c1cc(N)c(NC/C=C/CNc2c(N)cc(C(N)=O)cc2OCC#CC(C)(C)N2CCN(C(=O)O)CC2)c(OC)c1. The molecule has 242 valence electrons. The molecule has 2 aromatic rings. The number of primary amides is 1. The van der Waals surface area contributed by atoms with Crippen LogP contribution in [0.2, 0.25) is 0 Å². The Hall–Kier alpha value is -5.29. The van der Waals surface area contributed by atoms with Crippen molar-refractivity contribution < 1.29 is 33.7 Å². The van der Waals surface area contributed by atoms with Crippen molar-refractivity contribution in [1.29, 1.82) is 0 Å². The van der Waals surface area contributed by atoms with Crippen LogP contribution in [0.4, 0.5) is 27.5 Å². The Balaban J connectivity index is 1.62. The largest absolute Gasteiger partial charge is 0.494 e. The number of benzene rings is 2. The van der Waals surface area contributed by atoms with Crippen molar-refractivity contribution >= 4 is 40.7 Å². The number of rotatable bonds is 12. The maximum absolute atomic E-state index is 11.9. The van der Waals surface area contributed by atoms with Gasteiger partial charge in [-0.05, 0) is 38.1 Å². The van der Waals surface area contributed by atoms with Crippen LogP contribution in [0.15, 0.2) is 36.4 Å². The number of hydrogen-bond donors (Lipinski definition) is 6. The Kier molecular flexibility index (Phi) is 11.7. The summed E-state index contributed by atoms with van der Waals surface area (Å²) < 4.78 is 16.0. The molecule has 0 saturated carbocycles. The van der Waals surface area contributed by atoms with Crippen molar-refractivity contribution in [3.63, 3.8) is 0 Å². The summed E-state index contributed by atoms with van der Waals surface area (Å²) in [6.45, 7) is 6.72. The predicted molar refractivity (Wildman–Crippen MR) is 173 cm³/mol. The number of methoxy groups -OCH3 is 2. The van der Waals surface area contributed by atoms with Gasteiger partial charge in [0.15, 0.2) is 0 Å². The highest BCUT2D eigenvalue weighted by Gasteiger charge is 2.29. The number of carbonyl (C=O) groups is 3. The number of amides is 2. The highest BCUT2D eigenvalue weighted by molar-refractivity contribution is 5.96. The highest BCUT2D eigenvalue weighted by atomic mass is 16.5. The molecule has 1 saturated heterocycles. The second kappa shape index (κ2) is 15.4. The maximum Gasteiger partial charge on any atom is 0.407 e. The molecule has 0 aromatic heterocycles. The van der Waals surface area contributed by atoms with Gasteiger partial charge in [-0.2, -0.15) is 0 Å². The molecule has 9 N–H and O–H groups in total. The van der Waals surface area contributed by atoms with Gasteiger partial charge in [0.25, 0.3) is 0 Å². The van der Waals surface area contributed by atoms with Crippen LogP contribution < -0.4 is 37.3 Å². The standard InChI is InChI=1S/C31H41N7O7/c1-31(2,38-13-11-37(12-14-38)30(41)42)8-7-15-45-25-18-20(28(34)39)16-22(32)27(25)36-10-6-5-9-35-26-23(33)17-21(29(40)44-4)19-24(26)43-3/h5-6,16-19,35-36H,9-15,32-33H2,1-4H3,(H2,34,39)(H,41,42)/b6-5+. The minimum atomic E-state index is -0.921. The van der Waals surface area contributed by atoms with Gasteiger partial charge in [0.1, 0.15) is 29.5 Å². The molecular formula is C31H41N7O7. The lowest BCUT2D eigenvalue weighted by atomic mass is 10.0. The molecule has 0 spiro atoms. The zero-order chi connectivity index (χ0) is 33.1. The van der Waals surface area contributed by atoms with E-state index in [0.29, 0.717) is 67.8 Å². The van der Waals surface area contributed by atoms with Gasteiger partial charge in [0.05, 0.1) is 36.7 Å². The summed E-state index contributed by atoms with van der Waals surface area (Å²) in [5.41, 5.74) is 19.4. The second-order valence-corrected chi connectivity index (χ2v) is 10.6. The van der Waals surface area contributed by atoms with Crippen LogP contribution in [0.1, 0.15) is 34.6 Å². The van der Waals surface area contributed by atoms with Crippen LogP contribution in [0.3, 0.4) is 0 Å². The molecule has 0 radical (unpaired) electrons. The highest BCUT2D eigenvalue weighted by Crippen LogP contribution is 2.34. The first-order chi connectivity index (χ1) is 21.4. The van der Waals surface area contributed by atoms with Gasteiger partial charge < -0.3 is 52.1 Å². The van der Waals surface area contributed by atoms with Crippen LogP contribution >= 0.6 is 0 Å². The van der Waals surface area contributed by atoms with Crippen molar-refractivity contribution in [3.8, 4) is 23.3 Å². The average Bonchev–Trinajstić information content (AvgIpc) is 3.01. The second-order valence-electron chi connectivity index (χ2n) is 10.6. The van der Waals surface area contributed by atoms with Crippen LogP contribution in [0, 0.1) is 11.8 Å². The number of hydrogen-bond acceptors (Lipinski definition) is 11. The molecule has 14 heteroatoms. The van der Waals surface area contributed by atoms with E-state index in [1.165, 1.54) is 37.3 Å². The normalized spacial score (nSPS) is 13.5. The summed E-state index contributed by atoms with van der Waals surface area (Å²) >= 11 is 0. The molecule has 0 aliphatic carbocycles. The lowest BCUT2D eigenvalue weighted by Crippen LogP contribution is -2.55. The van der Waals surface area contributed by atoms with E-state index in [1.54, 1.807) is 6.07 Å². The Bertz CT molecular complexity index is 1490. The molecule has 1 aliphatic rings. The van der Waals surface area contributed by atoms with Gasteiger partial charge in [-0.1, -0.05) is 24.0 Å². The van der Waals surface area contributed by atoms with Crippen molar-refractivity contribution in [2.75, 3.05) is 82.2 Å². The number of nitrogens with zero attached hydrogens (tertiary/aromatic N) is 2. The smallest absolute Gasteiger partial charge is 0.407 e. The third-order valence-electron chi connectivity index (χ3n) is 7.19. The lowest BCUT2D eigenvalue weighted by Gasteiger charge is -2.40. The van der Waals surface area contributed by atoms with E-state index in [4.69, 9.17) is 31.4 Å². The minimum absolute atomic E-state index is 0.0205. The van der Waals surface area contributed by atoms with E-state index in [0.717, 1.165) is 0 Å². The first kappa shape index (κ1) is 34.2. The fraction of sp³-hybridized carbons (Fsp3) is 0.387. The molecule has 1 aliphatic heterocycles. The molecule has 2 amide bonds. The number of piperazine rings is 1. The van der Waals surface area contributed by atoms with E-state index in [2.05, 4.69) is 27.4 Å². The van der Waals surface area contributed by atoms with E-state index in [1.807, 2.05) is 26.0 Å². The van der Waals surface area contributed by atoms with Crippen molar-refractivity contribution in [3.05, 3.63) is 47.5 Å². The van der Waals surface area contributed by atoms with Crippen LogP contribution in [-0.4, -0.2) is 98.5 Å². The summed E-state index contributed by atoms with van der Waals surface area (Å²) in [4.78, 5) is 38.4. The molecule has 1 heterocycles. The molecule has 1 fully saturated rings. The first-order valence-corrected chi connectivity index (χ1v) is 14.2. The minimum Gasteiger partial charge on any atom is -0.494 e. The molecule has 0 bridgehead atoms. The monoisotopic (exact) mass is 623 g/mol. The quantitative estimate of drug-likeness (QED) is 0.0871. The van der Waals surface area contributed by atoms with Crippen molar-refractivity contribution in [1.82, 2.24) is 9.80 Å². The molecule has 0 atom stereocenters. The Morgan fingerprint density at radius 1 is 0.933 bits per heavy atom. The number of nitrogens with two attached hydrogens (primary N) is 3. The number of nitrogen functional groups attached to an aromatic ring is 2. The third kappa shape index (κ3) is 9.10. The van der Waals surface area contributed by atoms with E-state index >= 15 is 0 Å². The fourth-order valence-corrected chi connectivity index (χ4v) is 4.70. The zero-order valence-corrected chi connectivity index (χ0v) is 25.9. The first-order valence-electron chi connectivity index (χ1n) is 14.2. The predicted octanol–water partition coefficient (Wildman–Crippen LogP) is 2.28. The summed E-state index contributed by atoms with van der Waals surface area (Å²) in [7, 11) is 2.77. The van der Waals surface area contributed by atoms with E-state index < -0.39 is 23.5 Å². The summed E-state index contributed by atoms with van der Waals surface area (Å²) in [6, 6.07) is 6.04. The van der Waals surface area contributed by atoms with Crippen LogP contribution in [0.5, 0.6) is 11.5 Å². The summed E-state index contributed by atoms with van der Waals surface area (Å²) in [5.74, 6) is 5.78. The van der Waals surface area contributed by atoms with Crippen LogP contribution in [-0.2, 0) is 4.74 Å². The van der Waals surface area contributed by atoms with Gasteiger partial charge in [-0.25, -0.2) is 9.59 Å². The molecule has 0 unspecified atom stereocenters. The Labute approximate surface area is 262 Å². The number of nitrogens with one attached hydrogen (secondary N) is 2. The third-order valence-corrected chi connectivity index (χ3v) is 7.19. The number of carboxylic acid groups (broad SMARTS) is 1. The molecule has 2 aromatic carbocycles. The van der Waals surface area contributed by atoms with Crippen molar-refractivity contribution in [2.24, 2.45) is 5.73 Å². The molecular weight excluding hydrogens is 582 g/mol. The number of esters is 1. The van der Waals surface area contributed by atoms with Crippen molar-refractivity contribution in [2.45, 2.75) is 19.4 Å². The molecule has 14 nitrogen and oxygen atoms in total. The average molecular weight is 624 g/mol. The Morgan fingerprint density at radius 2 is 1.49 bits per heavy atom. The van der Waals surface area contributed by atoms with Gasteiger partial charge in [-0.3, -0.25) is 9.69 Å². The summed E-state index contributed by atoms with van der Waals surface area (Å²) in [5, 5.41) is 15.6. The maximum atomic E-state index is 11.9. The topological polar surface area (TPSA) is 208 Å². The van der Waals surface area contributed by atoms with E-state index in [9.17, 15) is 19.5 Å². The van der Waals surface area contributed by atoms with E-state index in [-0.39, 0.29) is 23.4 Å². The fourth-order valence-electron chi connectivity index (χ4n) is 4.70. The van der Waals surface area contributed by atoms with Gasteiger partial charge in [0, 0.05) is 44.8 Å². The summed E-state index contributed by atoms with van der Waals surface area (Å²) in [6.07, 6.45) is 2.80. The number of carbonyl (C=O) groups excluding carboxylic acids is 2. The zero-order valence-electron chi connectivity index (χ0n) is 25.9. The number of ether oxygens (including phenoxy) is 3. The van der Waals surface area contributed by atoms with Crippen LogP contribution in [0.25, 0.3) is 0 Å². The Morgan fingerprint density at radius 3 is 2.02 bits per heavy atom. The van der Waals surface area contributed by atoms with Gasteiger partial charge in [0.2, 0.25) is 5.91 Å².